The second kappa shape index (κ2) is 14.1. The minimum absolute atomic E-state index is 0.292. The van der Waals surface area contributed by atoms with Crippen molar-refractivity contribution in [2.45, 2.75) is 36.1 Å². The van der Waals surface area contributed by atoms with Gasteiger partial charge in [-0.25, -0.2) is 0 Å². The van der Waals surface area contributed by atoms with Crippen molar-refractivity contribution in [3.8, 4) is 34.2 Å². The number of imidazole rings is 1. The van der Waals surface area contributed by atoms with Gasteiger partial charge in [0.2, 0.25) is 6.33 Å². The van der Waals surface area contributed by atoms with Crippen LogP contribution in [0.1, 0.15) is 86.7 Å². The van der Waals surface area contributed by atoms with E-state index in [4.69, 9.17) is 34.9 Å². The van der Waals surface area contributed by atoms with Crippen LogP contribution < -0.4 is 4.57 Å². The van der Waals surface area contributed by atoms with Gasteiger partial charge in [0.25, 0.3) is 0 Å². The van der Waals surface area contributed by atoms with Crippen molar-refractivity contribution in [2.24, 2.45) is 7.05 Å². The van der Waals surface area contributed by atoms with Crippen LogP contribution in [0, 0.1) is 6.33 Å². The maximum atomic E-state index is 5.26. The topological polar surface area (TPSA) is 99.0 Å². The fourth-order valence-corrected chi connectivity index (χ4v) is 11.6. The summed E-state index contributed by atoms with van der Waals surface area (Å²) in [5, 5.41) is 0. The predicted molar refractivity (Wildman–Crippen MR) is 251 cm³/mol. The van der Waals surface area contributed by atoms with Gasteiger partial charge in [0.05, 0.1) is 57.7 Å². The van der Waals surface area contributed by atoms with E-state index in [1.807, 2.05) is 97.6 Å². The Bertz CT molecular complexity index is 3450. The molecule has 0 N–H and O–H groups in total. The molecule has 13 rings (SSSR count). The Morgan fingerprint density at radius 3 is 1.30 bits per heavy atom. The first-order chi connectivity index (χ1) is 32.5. The summed E-state index contributed by atoms with van der Waals surface area (Å²) in [6, 6.07) is 48.0. The van der Waals surface area contributed by atoms with Crippen LogP contribution in [0.15, 0.2) is 189 Å². The highest BCUT2D eigenvalue weighted by Crippen LogP contribution is 2.59. The average molecular weight is 852 g/mol. The molecule has 3 aliphatic rings. The molecular weight excluding hydrogens is 811 g/mol. The molecule has 0 amide bonds. The van der Waals surface area contributed by atoms with Gasteiger partial charge in [0.1, 0.15) is 0 Å². The van der Waals surface area contributed by atoms with Crippen LogP contribution >= 0.6 is 0 Å². The lowest BCUT2D eigenvalue weighted by Gasteiger charge is -2.38. The number of pyridine rings is 7. The highest BCUT2D eigenvalue weighted by molar-refractivity contribution is 5.85. The summed E-state index contributed by atoms with van der Waals surface area (Å²) in [4.78, 5) is 35.4. The molecular formula is C57H41N9. The van der Waals surface area contributed by atoms with Crippen LogP contribution in [-0.4, -0.2) is 39.5 Å². The maximum absolute atomic E-state index is 5.26. The molecule has 0 aliphatic heterocycles. The largest absolute Gasteiger partial charge is 0.354 e. The quantitative estimate of drug-likeness (QED) is 0.116. The fourth-order valence-electron chi connectivity index (χ4n) is 11.6. The SMILES string of the molecule is CC(C)c1ccnc(C2(c3cccc(C4(c5cccc(C6(n7[c-][n+](C)cc7)c7cccnc7-c7ncccc76)c5)c5cccnc5-c5ncccc54)c3)c3cccnc3-c3ncccc32)c1. The number of aromatic nitrogens is 9. The molecule has 0 saturated heterocycles. The summed E-state index contributed by atoms with van der Waals surface area (Å²) in [6.07, 6.45) is 20.9. The number of hydrogen-bond acceptors (Lipinski definition) is 7. The van der Waals surface area contributed by atoms with Gasteiger partial charge in [0.15, 0.2) is 5.54 Å². The number of rotatable bonds is 7. The number of nitrogens with zero attached hydrogens (tertiary/aromatic N) is 9. The van der Waals surface area contributed by atoms with Gasteiger partial charge in [-0.05, 0) is 106 Å². The third-order valence-electron chi connectivity index (χ3n) is 14.3. The first-order valence-electron chi connectivity index (χ1n) is 22.4. The van der Waals surface area contributed by atoms with E-state index in [1.165, 1.54) is 5.56 Å². The first-order valence-corrected chi connectivity index (χ1v) is 22.4. The van der Waals surface area contributed by atoms with Crippen LogP contribution in [0.4, 0.5) is 0 Å². The lowest BCUT2D eigenvalue weighted by atomic mass is 9.64. The van der Waals surface area contributed by atoms with Gasteiger partial charge in [-0.1, -0.05) is 92.7 Å². The molecule has 0 atom stereocenters. The van der Waals surface area contributed by atoms with Gasteiger partial charge in [-0.15, -0.1) is 0 Å². The van der Waals surface area contributed by atoms with Crippen LogP contribution in [0.3, 0.4) is 0 Å². The van der Waals surface area contributed by atoms with Crippen molar-refractivity contribution < 1.29 is 4.57 Å². The first kappa shape index (κ1) is 38.2. The van der Waals surface area contributed by atoms with Gasteiger partial charge in [0, 0.05) is 71.2 Å². The standard InChI is InChI=1S/C57H41N9/c1-36(2)37-22-29-58-48(32-37)56(44-18-8-25-61-51(44)52-45(56)19-9-26-62-52)40-14-4-12-38(33-40)55(42-16-6-23-59-49(42)50-43(55)17-7-24-60-50)39-13-5-15-41(34-39)57(66-31-30-65(3)35-66)46-20-10-27-63-53(46)54-47(57)21-11-28-64-54/h4-34,36H,1-3H3. The molecule has 0 spiro atoms. The normalized spacial score (nSPS) is 15.1. The Kier molecular flexibility index (Phi) is 8.16. The van der Waals surface area contributed by atoms with E-state index in [1.54, 1.807) is 0 Å². The molecule has 9 heteroatoms. The summed E-state index contributed by atoms with van der Waals surface area (Å²) in [7, 11) is 2.01. The highest BCUT2D eigenvalue weighted by Gasteiger charge is 2.54. The Hall–Kier alpha value is -8.30. The number of benzene rings is 2. The minimum atomic E-state index is -0.873. The summed E-state index contributed by atoms with van der Waals surface area (Å²) >= 11 is 0. The van der Waals surface area contributed by atoms with Gasteiger partial charge in [-0.3, -0.25) is 34.9 Å². The lowest BCUT2D eigenvalue weighted by Crippen LogP contribution is -2.38. The molecule has 3 aliphatic carbocycles. The molecule has 0 saturated carbocycles. The maximum Gasteiger partial charge on any atom is 0.204 e. The van der Waals surface area contributed by atoms with Crippen molar-refractivity contribution in [1.29, 1.82) is 0 Å². The van der Waals surface area contributed by atoms with Crippen molar-refractivity contribution in [1.82, 2.24) is 39.5 Å². The van der Waals surface area contributed by atoms with E-state index in [9.17, 15) is 0 Å². The molecule has 8 aromatic heterocycles. The van der Waals surface area contributed by atoms with Crippen LogP contribution in [0.2, 0.25) is 0 Å². The summed E-state index contributed by atoms with van der Waals surface area (Å²) < 4.78 is 4.15. The van der Waals surface area contributed by atoms with E-state index in [0.717, 1.165) is 95.5 Å². The zero-order valence-corrected chi connectivity index (χ0v) is 36.5. The van der Waals surface area contributed by atoms with Crippen molar-refractivity contribution >= 4 is 0 Å². The van der Waals surface area contributed by atoms with Gasteiger partial charge < -0.3 is 9.13 Å². The Balaban J connectivity index is 1.13. The van der Waals surface area contributed by atoms with Crippen molar-refractivity contribution in [2.75, 3.05) is 0 Å². The van der Waals surface area contributed by atoms with Crippen LogP contribution in [-0.2, 0) is 23.4 Å². The van der Waals surface area contributed by atoms with Crippen LogP contribution in [0.5, 0.6) is 0 Å². The van der Waals surface area contributed by atoms with E-state index in [0.29, 0.717) is 5.92 Å². The highest BCUT2D eigenvalue weighted by atomic mass is 15.2. The van der Waals surface area contributed by atoms with E-state index in [2.05, 4.69) is 128 Å². The monoisotopic (exact) mass is 851 g/mol. The third kappa shape index (κ3) is 4.89. The zero-order chi connectivity index (χ0) is 44.2. The minimum Gasteiger partial charge on any atom is -0.354 e. The summed E-state index contributed by atoms with van der Waals surface area (Å²) in [5.74, 6) is 0.292. The Morgan fingerprint density at radius 1 is 0.439 bits per heavy atom. The smallest absolute Gasteiger partial charge is 0.204 e. The Morgan fingerprint density at radius 2 is 0.848 bits per heavy atom. The molecule has 0 unspecified atom stereocenters. The second-order valence-electron chi connectivity index (χ2n) is 17.8. The van der Waals surface area contributed by atoms with Crippen LogP contribution in [0.25, 0.3) is 34.2 Å². The predicted octanol–water partition coefficient (Wildman–Crippen LogP) is 9.55. The number of aryl methyl sites for hydroxylation is 1. The average Bonchev–Trinajstić information content (AvgIpc) is 4.11. The molecule has 314 valence electrons. The number of hydrogen-bond donors (Lipinski definition) is 0. The van der Waals surface area contributed by atoms with E-state index >= 15 is 0 Å². The zero-order valence-electron chi connectivity index (χ0n) is 36.5. The molecule has 0 fully saturated rings. The molecule has 0 bridgehead atoms. The second-order valence-corrected chi connectivity index (χ2v) is 17.8. The molecule has 0 radical (unpaired) electrons. The van der Waals surface area contributed by atoms with E-state index in [-0.39, 0.29) is 0 Å². The van der Waals surface area contributed by atoms with Gasteiger partial charge in [-0.2, -0.15) is 0 Å². The van der Waals surface area contributed by atoms with Gasteiger partial charge >= 0.3 is 0 Å². The molecule has 2 aromatic carbocycles. The fraction of sp³-hybridized carbons (Fsp3) is 0.123. The van der Waals surface area contributed by atoms with Crippen molar-refractivity contribution in [3.63, 3.8) is 0 Å². The Labute approximate surface area is 382 Å². The summed E-state index contributed by atoms with van der Waals surface area (Å²) in [5.41, 5.74) is 15.3. The van der Waals surface area contributed by atoms with Crippen molar-refractivity contribution in [3.05, 3.63) is 262 Å². The molecule has 9 nitrogen and oxygen atoms in total. The summed E-state index contributed by atoms with van der Waals surface area (Å²) in [6.45, 7) is 4.46. The van der Waals surface area contributed by atoms with E-state index < -0.39 is 16.4 Å². The molecule has 66 heavy (non-hydrogen) atoms. The lowest BCUT2D eigenvalue weighted by molar-refractivity contribution is -0.675. The number of fused-ring (bicyclic) bond motifs is 9. The third-order valence-corrected chi connectivity index (χ3v) is 14.3. The molecule has 8 heterocycles. The molecule has 10 aromatic rings.